The maximum Gasteiger partial charge on any atom is 0.289 e. The highest BCUT2D eigenvalue weighted by Crippen LogP contribution is 2.36. The third-order valence-corrected chi connectivity index (χ3v) is 7.31. The van der Waals surface area contributed by atoms with E-state index in [1.807, 2.05) is 6.92 Å². The highest BCUT2D eigenvalue weighted by molar-refractivity contribution is 6.38. The Labute approximate surface area is 223 Å². The molecule has 1 aromatic rings. The Bertz CT molecular complexity index is 1140. The number of hydrogen-bond acceptors (Lipinski definition) is 6. The van der Waals surface area contributed by atoms with E-state index in [9.17, 15) is 32.8 Å². The number of aromatic nitrogens is 1. The molecule has 1 saturated heterocycles. The van der Waals surface area contributed by atoms with Crippen molar-refractivity contribution in [1.29, 1.82) is 0 Å². The smallest absolute Gasteiger partial charge is 0.289 e. The summed E-state index contributed by atoms with van der Waals surface area (Å²) in [5.41, 5.74) is -0.170. The number of alkyl halides is 2. The van der Waals surface area contributed by atoms with Gasteiger partial charge in [-0.05, 0) is 51.5 Å². The Kier molecular flexibility index (Phi) is 8.29. The molecule has 0 aromatic carbocycles. The number of amides is 4. The standard InChI is InChI=1S/C25H30ClF2N5O5/c1-12-8-14(22(36)30-12)9-18(19(34)24(38)31-16-2-3-16)32-23(37)17-10-15(26)11-29-20(17)33-21(35)13-4-6-25(27,28)7-5-13/h10-14,16,18H,2-9H2,1H3,(H,30,36)(H,31,38)(H,32,37)(H,29,33,35)/t12-,14+,18?/m1/s1. The number of ketones is 1. The predicted octanol–water partition coefficient (Wildman–Crippen LogP) is 2.36. The third-order valence-electron chi connectivity index (χ3n) is 7.10. The average molecular weight is 554 g/mol. The topological polar surface area (TPSA) is 146 Å². The second-order valence-electron chi connectivity index (χ2n) is 10.4. The molecule has 0 radical (unpaired) electrons. The minimum absolute atomic E-state index is 0.0114. The van der Waals surface area contributed by atoms with Gasteiger partial charge < -0.3 is 21.3 Å². The summed E-state index contributed by atoms with van der Waals surface area (Å²) in [5.74, 6) is -7.63. The number of nitrogens with one attached hydrogen (secondary N) is 4. The Hall–Kier alpha value is -3.15. The number of halogens is 3. The summed E-state index contributed by atoms with van der Waals surface area (Å²) < 4.78 is 27.0. The molecule has 3 fully saturated rings. The van der Waals surface area contributed by atoms with Gasteiger partial charge >= 0.3 is 0 Å². The van der Waals surface area contributed by atoms with Gasteiger partial charge in [0.05, 0.1) is 16.6 Å². The lowest BCUT2D eigenvalue weighted by molar-refractivity contribution is -0.139. The summed E-state index contributed by atoms with van der Waals surface area (Å²) in [6.45, 7) is 1.81. The summed E-state index contributed by atoms with van der Waals surface area (Å²) >= 11 is 6.04. The van der Waals surface area contributed by atoms with E-state index >= 15 is 0 Å². The molecule has 1 unspecified atom stereocenters. The van der Waals surface area contributed by atoms with E-state index in [2.05, 4.69) is 26.3 Å². The van der Waals surface area contributed by atoms with Gasteiger partial charge in [-0.1, -0.05) is 11.6 Å². The lowest BCUT2D eigenvalue weighted by Gasteiger charge is -2.27. The number of rotatable bonds is 9. The average Bonchev–Trinajstić information content (AvgIpc) is 3.61. The second-order valence-corrected chi connectivity index (χ2v) is 10.8. The van der Waals surface area contributed by atoms with Crippen LogP contribution in [-0.2, 0) is 19.2 Å². The van der Waals surface area contributed by atoms with Gasteiger partial charge in [0.25, 0.3) is 11.8 Å². The van der Waals surface area contributed by atoms with Crippen molar-refractivity contribution < 1.29 is 32.8 Å². The maximum absolute atomic E-state index is 13.5. The predicted molar refractivity (Wildman–Crippen MR) is 133 cm³/mol. The minimum atomic E-state index is -2.80. The van der Waals surface area contributed by atoms with Crippen LogP contribution in [0.4, 0.5) is 14.6 Å². The number of Topliss-reactive ketones (excluding diaryl/α,β-unsaturated/α-hetero) is 1. The van der Waals surface area contributed by atoms with Crippen molar-refractivity contribution in [2.75, 3.05) is 5.32 Å². The molecular weight excluding hydrogens is 524 g/mol. The summed E-state index contributed by atoms with van der Waals surface area (Å²) in [4.78, 5) is 67.9. The van der Waals surface area contributed by atoms with Crippen LogP contribution in [0.1, 0.15) is 68.6 Å². The molecule has 0 bridgehead atoms. The van der Waals surface area contributed by atoms with Gasteiger partial charge in [0.2, 0.25) is 23.5 Å². The molecule has 2 aliphatic carbocycles. The van der Waals surface area contributed by atoms with E-state index in [1.54, 1.807) is 0 Å². The fourth-order valence-electron chi connectivity index (χ4n) is 4.78. The van der Waals surface area contributed by atoms with E-state index < -0.39 is 60.1 Å². The Morgan fingerprint density at radius 2 is 1.87 bits per heavy atom. The quantitative estimate of drug-likeness (QED) is 0.345. The largest absolute Gasteiger partial charge is 0.353 e. The van der Waals surface area contributed by atoms with Crippen molar-refractivity contribution in [3.63, 3.8) is 0 Å². The number of nitrogens with zero attached hydrogens (tertiary/aromatic N) is 1. The zero-order valence-electron chi connectivity index (χ0n) is 20.8. The Morgan fingerprint density at radius 3 is 2.47 bits per heavy atom. The normalized spacial score (nSPS) is 23.7. The molecule has 2 heterocycles. The van der Waals surface area contributed by atoms with E-state index in [1.165, 1.54) is 12.3 Å². The molecule has 1 aromatic heterocycles. The van der Waals surface area contributed by atoms with Crippen LogP contribution >= 0.6 is 11.6 Å². The number of hydrogen-bond donors (Lipinski definition) is 4. The van der Waals surface area contributed by atoms with Crippen LogP contribution in [-0.4, -0.2) is 58.4 Å². The van der Waals surface area contributed by atoms with Crippen LogP contribution < -0.4 is 21.3 Å². The number of carbonyl (C=O) groups excluding carboxylic acids is 5. The number of anilines is 1. The van der Waals surface area contributed by atoms with E-state index in [0.29, 0.717) is 6.42 Å². The molecule has 13 heteroatoms. The lowest BCUT2D eigenvalue weighted by atomic mass is 9.86. The molecule has 4 N–H and O–H groups in total. The van der Waals surface area contributed by atoms with Gasteiger partial charge in [-0.2, -0.15) is 0 Å². The second kappa shape index (κ2) is 11.3. The zero-order chi connectivity index (χ0) is 27.6. The molecule has 2 saturated carbocycles. The monoisotopic (exact) mass is 553 g/mol. The lowest BCUT2D eigenvalue weighted by Crippen LogP contribution is -2.49. The van der Waals surface area contributed by atoms with Crippen LogP contribution in [0.15, 0.2) is 12.3 Å². The molecule has 0 spiro atoms. The zero-order valence-corrected chi connectivity index (χ0v) is 21.6. The van der Waals surface area contributed by atoms with Crippen molar-refractivity contribution in [2.45, 2.75) is 82.3 Å². The molecule has 38 heavy (non-hydrogen) atoms. The van der Waals surface area contributed by atoms with Crippen molar-refractivity contribution in [3.05, 3.63) is 22.8 Å². The van der Waals surface area contributed by atoms with Gasteiger partial charge in [-0.25, -0.2) is 13.8 Å². The van der Waals surface area contributed by atoms with Crippen molar-refractivity contribution >= 4 is 46.8 Å². The Morgan fingerprint density at radius 1 is 1.18 bits per heavy atom. The van der Waals surface area contributed by atoms with Gasteiger partial charge in [0.15, 0.2) is 0 Å². The van der Waals surface area contributed by atoms with Crippen molar-refractivity contribution in [3.8, 4) is 0 Å². The highest BCUT2D eigenvalue weighted by Gasteiger charge is 2.39. The van der Waals surface area contributed by atoms with Crippen LogP contribution in [0, 0.1) is 11.8 Å². The molecule has 3 atom stereocenters. The molecule has 10 nitrogen and oxygen atoms in total. The van der Waals surface area contributed by atoms with Gasteiger partial charge in [0, 0.05) is 43.0 Å². The Balaban J connectivity index is 1.50. The minimum Gasteiger partial charge on any atom is -0.353 e. The molecule has 4 rings (SSSR count). The van der Waals surface area contributed by atoms with E-state index in [-0.39, 0.29) is 53.7 Å². The fourth-order valence-corrected chi connectivity index (χ4v) is 4.94. The maximum atomic E-state index is 13.5. The van der Waals surface area contributed by atoms with Crippen LogP contribution in [0.25, 0.3) is 0 Å². The molecule has 3 aliphatic rings. The van der Waals surface area contributed by atoms with E-state index in [4.69, 9.17) is 11.6 Å². The number of pyridine rings is 1. The van der Waals surface area contributed by atoms with E-state index in [0.717, 1.165) is 12.8 Å². The summed E-state index contributed by atoms with van der Waals surface area (Å²) in [5, 5.41) is 10.5. The molecule has 1 aliphatic heterocycles. The molecule has 4 amide bonds. The SMILES string of the molecule is C[C@@H]1C[C@@H](CC(NC(=O)c2cc(Cl)cnc2NC(=O)C2CCC(F)(F)CC2)C(=O)C(=O)NC2CC2)C(=O)N1. The fraction of sp³-hybridized carbons (Fsp3) is 0.600. The first kappa shape index (κ1) is 27.9. The van der Waals surface area contributed by atoms with Crippen molar-refractivity contribution in [2.24, 2.45) is 11.8 Å². The third kappa shape index (κ3) is 7.03. The van der Waals surface area contributed by atoms with Crippen LogP contribution in [0.3, 0.4) is 0 Å². The summed E-state index contributed by atoms with van der Waals surface area (Å²) in [7, 11) is 0. The summed E-state index contributed by atoms with van der Waals surface area (Å²) in [6.07, 6.45) is 2.22. The van der Waals surface area contributed by atoms with Crippen molar-refractivity contribution in [1.82, 2.24) is 20.9 Å². The van der Waals surface area contributed by atoms with Gasteiger partial charge in [-0.15, -0.1) is 0 Å². The molecular formula is C25H30ClF2N5O5. The summed E-state index contributed by atoms with van der Waals surface area (Å²) in [6, 6.07) is -0.273. The van der Waals surface area contributed by atoms with Gasteiger partial charge in [-0.3, -0.25) is 24.0 Å². The molecule has 206 valence electrons. The first-order chi connectivity index (χ1) is 17.9. The number of carbonyl (C=O) groups is 5. The van der Waals surface area contributed by atoms with Crippen LogP contribution in [0.5, 0.6) is 0 Å². The first-order valence-electron chi connectivity index (χ1n) is 12.7. The first-order valence-corrected chi connectivity index (χ1v) is 13.1. The van der Waals surface area contributed by atoms with Crippen LogP contribution in [0.2, 0.25) is 5.02 Å². The van der Waals surface area contributed by atoms with Gasteiger partial charge in [0.1, 0.15) is 5.82 Å². The highest BCUT2D eigenvalue weighted by atomic mass is 35.5.